The second-order valence-electron chi connectivity index (χ2n) is 8.29. The van der Waals surface area contributed by atoms with Crippen molar-refractivity contribution in [3.8, 4) is 0 Å². The number of nitrogens with one attached hydrogen (secondary N) is 2. The largest absolute Gasteiger partial charge is 0.480 e. The molecule has 1 heterocycles. The van der Waals surface area contributed by atoms with Gasteiger partial charge in [0.25, 0.3) is 0 Å². The number of carboxylic acids is 1. The Bertz CT molecular complexity index is 816. The number of likely N-dealkylation sites (tertiary alicyclic amines) is 1. The molecule has 1 saturated heterocycles. The molecule has 176 valence electrons. The van der Waals surface area contributed by atoms with Crippen LogP contribution in [0.2, 0.25) is 0 Å². The molecule has 0 spiro atoms. The van der Waals surface area contributed by atoms with Crippen molar-refractivity contribution in [3.63, 3.8) is 0 Å². The van der Waals surface area contributed by atoms with E-state index >= 15 is 0 Å². The van der Waals surface area contributed by atoms with Crippen molar-refractivity contribution in [1.82, 2.24) is 15.5 Å². The molecule has 3 amide bonds. The highest BCUT2D eigenvalue weighted by Gasteiger charge is 2.38. The minimum Gasteiger partial charge on any atom is -0.480 e. The Kier molecular flexibility index (Phi) is 9.15. The quantitative estimate of drug-likeness (QED) is 0.314. The van der Waals surface area contributed by atoms with Crippen molar-refractivity contribution < 1.29 is 29.4 Å². The first kappa shape index (κ1) is 25.3. The molecule has 2 rings (SSSR count). The van der Waals surface area contributed by atoms with Gasteiger partial charge in [-0.2, -0.15) is 0 Å². The summed E-state index contributed by atoms with van der Waals surface area (Å²) in [5.41, 5.74) is 6.57. The number of carboxylic acid groups (broad SMARTS) is 1. The molecule has 1 aliphatic rings. The molecule has 1 aliphatic heterocycles. The van der Waals surface area contributed by atoms with E-state index in [-0.39, 0.29) is 18.9 Å². The first-order valence-corrected chi connectivity index (χ1v) is 10.7. The number of nitrogens with two attached hydrogens (primary N) is 1. The Labute approximate surface area is 187 Å². The van der Waals surface area contributed by atoms with Gasteiger partial charge in [-0.3, -0.25) is 14.4 Å². The maximum absolute atomic E-state index is 13.2. The Morgan fingerprint density at radius 2 is 1.72 bits per heavy atom. The Morgan fingerprint density at radius 3 is 2.28 bits per heavy atom. The second kappa shape index (κ2) is 11.6. The second-order valence-corrected chi connectivity index (χ2v) is 8.29. The van der Waals surface area contributed by atoms with Crippen LogP contribution in [0, 0.1) is 5.92 Å². The maximum Gasteiger partial charge on any atom is 0.326 e. The smallest absolute Gasteiger partial charge is 0.326 e. The number of benzene rings is 1. The lowest BCUT2D eigenvalue weighted by atomic mass is 10.0. The SMILES string of the molecule is CC(C)C(N)C(=O)NC(CO)C(=O)NC(Cc1ccccc1)C(=O)N1CCCC1C(=O)O. The van der Waals surface area contributed by atoms with Gasteiger partial charge in [0, 0.05) is 13.0 Å². The standard InChI is InChI=1S/C22H32N4O6/c1-13(2)18(23)20(29)25-16(12-27)19(28)24-15(11-14-7-4-3-5-8-14)21(30)26-10-6-9-17(26)22(31)32/h3-5,7-8,13,15-18,27H,6,9-12,23H2,1-2H3,(H,24,28)(H,25,29)(H,31,32). The van der Waals surface area contributed by atoms with Gasteiger partial charge in [-0.05, 0) is 24.3 Å². The predicted octanol–water partition coefficient (Wildman–Crippen LogP) is -0.750. The third-order valence-corrected chi connectivity index (χ3v) is 5.55. The topological polar surface area (TPSA) is 162 Å². The van der Waals surface area contributed by atoms with Gasteiger partial charge in [0.15, 0.2) is 0 Å². The zero-order valence-electron chi connectivity index (χ0n) is 18.4. The van der Waals surface area contributed by atoms with Crippen LogP contribution in [0.25, 0.3) is 0 Å². The minimum atomic E-state index is -1.30. The predicted molar refractivity (Wildman–Crippen MR) is 116 cm³/mol. The fourth-order valence-electron chi connectivity index (χ4n) is 3.57. The summed E-state index contributed by atoms with van der Waals surface area (Å²) < 4.78 is 0. The van der Waals surface area contributed by atoms with Crippen LogP contribution in [0.4, 0.5) is 0 Å². The summed E-state index contributed by atoms with van der Waals surface area (Å²) in [6.07, 6.45) is 1.03. The van der Waals surface area contributed by atoms with Crippen LogP contribution < -0.4 is 16.4 Å². The first-order chi connectivity index (χ1) is 15.1. The molecular weight excluding hydrogens is 416 g/mol. The molecule has 0 aromatic heterocycles. The summed E-state index contributed by atoms with van der Waals surface area (Å²) in [7, 11) is 0. The number of amides is 3. The molecule has 6 N–H and O–H groups in total. The number of aliphatic hydroxyl groups excluding tert-OH is 1. The number of hydrogen-bond acceptors (Lipinski definition) is 6. The molecule has 32 heavy (non-hydrogen) atoms. The number of rotatable bonds is 10. The van der Waals surface area contributed by atoms with Gasteiger partial charge < -0.3 is 31.5 Å². The van der Waals surface area contributed by atoms with E-state index in [4.69, 9.17) is 5.73 Å². The van der Waals surface area contributed by atoms with Gasteiger partial charge in [-0.1, -0.05) is 44.2 Å². The molecule has 0 radical (unpaired) electrons. The highest BCUT2D eigenvalue weighted by Crippen LogP contribution is 2.19. The molecule has 0 bridgehead atoms. The summed E-state index contributed by atoms with van der Waals surface area (Å²) in [6, 6.07) is 4.80. The monoisotopic (exact) mass is 448 g/mol. The summed E-state index contributed by atoms with van der Waals surface area (Å²) in [6.45, 7) is 3.10. The van der Waals surface area contributed by atoms with E-state index in [1.165, 1.54) is 4.90 Å². The van der Waals surface area contributed by atoms with Crippen molar-refractivity contribution in [2.75, 3.05) is 13.2 Å². The fourth-order valence-corrected chi connectivity index (χ4v) is 3.57. The molecule has 4 unspecified atom stereocenters. The summed E-state index contributed by atoms with van der Waals surface area (Å²) in [5.74, 6) is -3.13. The fraction of sp³-hybridized carbons (Fsp3) is 0.545. The number of carbonyl (C=O) groups is 4. The zero-order valence-corrected chi connectivity index (χ0v) is 18.4. The van der Waals surface area contributed by atoms with Gasteiger partial charge >= 0.3 is 5.97 Å². The van der Waals surface area contributed by atoms with Crippen molar-refractivity contribution in [1.29, 1.82) is 0 Å². The highest BCUT2D eigenvalue weighted by atomic mass is 16.4. The van der Waals surface area contributed by atoms with Gasteiger partial charge in [-0.15, -0.1) is 0 Å². The van der Waals surface area contributed by atoms with Gasteiger partial charge in [0.1, 0.15) is 18.1 Å². The molecule has 10 heteroatoms. The molecule has 1 fully saturated rings. The van der Waals surface area contributed by atoms with Crippen LogP contribution in [0.1, 0.15) is 32.3 Å². The molecule has 1 aromatic rings. The zero-order chi connectivity index (χ0) is 23.8. The number of aliphatic carboxylic acids is 1. The Hall–Kier alpha value is -2.98. The average molecular weight is 449 g/mol. The van der Waals surface area contributed by atoms with Crippen LogP contribution in [0.3, 0.4) is 0 Å². The third kappa shape index (κ3) is 6.51. The van der Waals surface area contributed by atoms with Crippen LogP contribution >= 0.6 is 0 Å². The first-order valence-electron chi connectivity index (χ1n) is 10.7. The Balaban J connectivity index is 2.19. The lowest BCUT2D eigenvalue weighted by Gasteiger charge is -2.29. The van der Waals surface area contributed by atoms with Gasteiger partial charge in [0.2, 0.25) is 17.7 Å². The Morgan fingerprint density at radius 1 is 1.09 bits per heavy atom. The molecule has 0 saturated carbocycles. The van der Waals surface area contributed by atoms with Gasteiger partial charge in [-0.25, -0.2) is 4.79 Å². The molecular formula is C22H32N4O6. The van der Waals surface area contributed by atoms with E-state index in [0.29, 0.717) is 12.8 Å². The van der Waals surface area contributed by atoms with Crippen LogP contribution in [0.5, 0.6) is 0 Å². The molecule has 10 nitrogen and oxygen atoms in total. The molecule has 1 aromatic carbocycles. The number of carbonyl (C=O) groups excluding carboxylic acids is 3. The van der Waals surface area contributed by atoms with Gasteiger partial charge in [0.05, 0.1) is 12.6 Å². The van der Waals surface area contributed by atoms with E-state index < -0.39 is 54.5 Å². The lowest BCUT2D eigenvalue weighted by molar-refractivity contribution is -0.149. The normalized spacial score (nSPS) is 18.7. The number of aliphatic hydroxyl groups is 1. The molecule has 4 atom stereocenters. The van der Waals surface area contributed by atoms with E-state index in [9.17, 15) is 29.4 Å². The van der Waals surface area contributed by atoms with Crippen LogP contribution in [-0.2, 0) is 25.6 Å². The van der Waals surface area contributed by atoms with Crippen molar-refractivity contribution >= 4 is 23.7 Å². The van der Waals surface area contributed by atoms with Crippen LogP contribution in [-0.4, -0.2) is 76.1 Å². The minimum absolute atomic E-state index is 0.131. The third-order valence-electron chi connectivity index (χ3n) is 5.55. The van der Waals surface area contributed by atoms with Crippen molar-refractivity contribution in [3.05, 3.63) is 35.9 Å². The van der Waals surface area contributed by atoms with Crippen molar-refractivity contribution in [2.24, 2.45) is 11.7 Å². The highest BCUT2D eigenvalue weighted by molar-refractivity contribution is 5.94. The molecule has 0 aliphatic carbocycles. The van der Waals surface area contributed by atoms with Crippen molar-refractivity contribution in [2.45, 2.75) is 57.3 Å². The van der Waals surface area contributed by atoms with Crippen LogP contribution in [0.15, 0.2) is 30.3 Å². The summed E-state index contributed by atoms with van der Waals surface area (Å²) in [5, 5.41) is 24.1. The summed E-state index contributed by atoms with van der Waals surface area (Å²) in [4.78, 5) is 51.1. The summed E-state index contributed by atoms with van der Waals surface area (Å²) >= 11 is 0. The average Bonchev–Trinajstić information content (AvgIpc) is 3.26. The van der Waals surface area contributed by atoms with E-state index in [0.717, 1.165) is 5.56 Å². The number of nitrogens with zero attached hydrogens (tertiary/aromatic N) is 1. The van der Waals surface area contributed by atoms with E-state index in [2.05, 4.69) is 10.6 Å². The van der Waals surface area contributed by atoms with E-state index in [1.807, 2.05) is 6.07 Å². The van der Waals surface area contributed by atoms with E-state index in [1.54, 1.807) is 38.1 Å². The number of hydrogen-bond donors (Lipinski definition) is 5. The lowest BCUT2D eigenvalue weighted by Crippen LogP contribution is -2.59. The maximum atomic E-state index is 13.2.